The van der Waals surface area contributed by atoms with Gasteiger partial charge in [-0.05, 0) is 18.9 Å². The molecule has 0 atom stereocenters. The first-order chi connectivity index (χ1) is 7.93. The Balaban J connectivity index is 3.50. The van der Waals surface area contributed by atoms with Crippen molar-refractivity contribution in [3.05, 3.63) is 34.9 Å². The van der Waals surface area contributed by atoms with Crippen LogP contribution in [0.5, 0.6) is 0 Å². The Morgan fingerprint density at radius 1 is 1.06 bits per heavy atom. The zero-order valence-corrected chi connectivity index (χ0v) is 11.9. The normalized spacial score (nSPS) is 12.1. The van der Waals surface area contributed by atoms with Crippen LogP contribution in [-0.4, -0.2) is 10.5 Å². The van der Waals surface area contributed by atoms with Gasteiger partial charge in [-0.1, -0.05) is 13.8 Å². The molecule has 0 spiro atoms. The quantitative estimate of drug-likeness (QED) is 0.352. The molecular weight excluding hydrogens is 252 g/mol. The maximum absolute atomic E-state index is 13.7. The van der Waals surface area contributed by atoms with E-state index in [-0.39, 0.29) is 16.0 Å². The van der Waals surface area contributed by atoms with Gasteiger partial charge in [0, 0.05) is 5.56 Å². The van der Waals surface area contributed by atoms with Gasteiger partial charge in [-0.2, -0.15) is 0 Å². The van der Waals surface area contributed by atoms with Gasteiger partial charge in [-0.25, -0.2) is 17.6 Å². The van der Waals surface area contributed by atoms with Crippen LogP contribution >= 0.6 is 0 Å². The van der Waals surface area contributed by atoms with E-state index in [0.29, 0.717) is 18.9 Å². The van der Waals surface area contributed by atoms with Crippen LogP contribution < -0.4 is 0 Å². The maximum Gasteiger partial charge on any atom is 0.197 e. The predicted molar refractivity (Wildman–Crippen MR) is 59.6 cm³/mol. The smallest absolute Gasteiger partial charge is 0.197 e. The highest BCUT2D eigenvalue weighted by Gasteiger charge is 2.34. The minimum atomic E-state index is -1.79. The highest BCUT2D eigenvalue weighted by molar-refractivity contribution is 5.98. The monoisotopic (exact) mass is 266 g/mol. The van der Waals surface area contributed by atoms with E-state index in [1.807, 2.05) is 0 Å². The standard InChI is InChI=1S/C11H14F4OSi/c1-3-11(4-2,16-17)6-5-7(12)9(14)10(15)8(6)13/h5H,3-4H2,1-2,17H3. The molecule has 0 fully saturated rings. The molecule has 0 bridgehead atoms. The molecule has 96 valence electrons. The lowest BCUT2D eigenvalue weighted by molar-refractivity contribution is 0.0628. The van der Waals surface area contributed by atoms with Gasteiger partial charge in [0.05, 0.1) is 5.60 Å². The zero-order valence-electron chi connectivity index (χ0n) is 9.91. The van der Waals surface area contributed by atoms with Crippen molar-refractivity contribution in [2.45, 2.75) is 32.3 Å². The average Bonchev–Trinajstić information content (AvgIpc) is 2.35. The van der Waals surface area contributed by atoms with E-state index in [1.165, 1.54) is 0 Å². The van der Waals surface area contributed by atoms with E-state index in [9.17, 15) is 17.6 Å². The molecule has 0 aliphatic carbocycles. The summed E-state index contributed by atoms with van der Waals surface area (Å²) in [7, 11) is 0.287. The number of benzene rings is 1. The van der Waals surface area contributed by atoms with Gasteiger partial charge in [0.2, 0.25) is 0 Å². The Hall–Kier alpha value is -0.883. The summed E-state index contributed by atoms with van der Waals surface area (Å²) in [5.74, 6) is -6.35. The zero-order chi connectivity index (χ0) is 13.2. The second-order valence-electron chi connectivity index (χ2n) is 3.75. The Bertz CT molecular complexity index is 410. The van der Waals surface area contributed by atoms with E-state index in [4.69, 9.17) is 4.43 Å². The van der Waals surface area contributed by atoms with E-state index in [2.05, 4.69) is 0 Å². The molecule has 0 aromatic heterocycles. The van der Waals surface area contributed by atoms with E-state index >= 15 is 0 Å². The Morgan fingerprint density at radius 2 is 1.59 bits per heavy atom. The molecule has 0 aliphatic heterocycles. The molecule has 0 saturated carbocycles. The van der Waals surface area contributed by atoms with Crippen molar-refractivity contribution in [2.24, 2.45) is 0 Å². The fraction of sp³-hybridized carbons (Fsp3) is 0.455. The van der Waals surface area contributed by atoms with Crippen molar-refractivity contribution in [1.82, 2.24) is 0 Å². The first-order valence-electron chi connectivity index (χ1n) is 5.32. The molecule has 0 aliphatic rings. The van der Waals surface area contributed by atoms with Gasteiger partial charge in [0.15, 0.2) is 23.3 Å². The van der Waals surface area contributed by atoms with E-state index in [1.54, 1.807) is 13.8 Å². The minimum absolute atomic E-state index is 0.256. The highest BCUT2D eigenvalue weighted by atomic mass is 28.2. The van der Waals surface area contributed by atoms with Crippen LogP contribution in [0.25, 0.3) is 0 Å². The average molecular weight is 266 g/mol. The molecule has 1 aromatic rings. The molecular formula is C11H14F4OSi. The van der Waals surface area contributed by atoms with Crippen LogP contribution in [0.1, 0.15) is 32.3 Å². The lowest BCUT2D eigenvalue weighted by Crippen LogP contribution is -2.29. The molecule has 0 amide bonds. The summed E-state index contributed by atoms with van der Waals surface area (Å²) in [5, 5.41) is 0. The Labute approximate surface area is 100 Å². The van der Waals surface area contributed by atoms with Crippen LogP contribution in [0.3, 0.4) is 0 Å². The first kappa shape index (κ1) is 14.2. The van der Waals surface area contributed by atoms with Gasteiger partial charge in [-0.15, -0.1) is 0 Å². The van der Waals surface area contributed by atoms with Crippen LogP contribution in [0.4, 0.5) is 17.6 Å². The molecule has 0 radical (unpaired) electrons. The van der Waals surface area contributed by atoms with Crippen LogP contribution in [0.15, 0.2) is 6.07 Å². The molecule has 0 heterocycles. The fourth-order valence-corrected chi connectivity index (χ4v) is 2.73. The van der Waals surface area contributed by atoms with Crippen molar-refractivity contribution in [2.75, 3.05) is 0 Å². The van der Waals surface area contributed by atoms with Crippen molar-refractivity contribution >= 4 is 10.5 Å². The molecule has 1 nitrogen and oxygen atoms in total. The SMILES string of the molecule is CCC(CC)(O[SiH3])c1cc(F)c(F)c(F)c1F. The van der Waals surface area contributed by atoms with E-state index < -0.39 is 28.9 Å². The van der Waals surface area contributed by atoms with Crippen LogP contribution in [0.2, 0.25) is 0 Å². The van der Waals surface area contributed by atoms with Gasteiger partial charge < -0.3 is 4.43 Å². The molecule has 0 unspecified atom stereocenters. The second-order valence-corrected chi connectivity index (χ2v) is 4.16. The number of halogens is 4. The lowest BCUT2D eigenvalue weighted by atomic mass is 9.88. The van der Waals surface area contributed by atoms with Gasteiger partial charge in [-0.3, -0.25) is 0 Å². The summed E-state index contributed by atoms with van der Waals surface area (Å²) in [4.78, 5) is 0. The van der Waals surface area contributed by atoms with Crippen LogP contribution in [0, 0.1) is 23.3 Å². The third kappa shape index (κ3) is 2.23. The Morgan fingerprint density at radius 3 is 2.00 bits per heavy atom. The molecule has 0 saturated heterocycles. The van der Waals surface area contributed by atoms with Crippen molar-refractivity contribution < 1.29 is 22.0 Å². The molecule has 0 N–H and O–H groups in total. The molecule has 6 heteroatoms. The van der Waals surface area contributed by atoms with E-state index in [0.717, 1.165) is 0 Å². The minimum Gasteiger partial charge on any atom is -0.418 e. The fourth-order valence-electron chi connectivity index (χ4n) is 1.93. The molecule has 1 aromatic carbocycles. The highest BCUT2D eigenvalue weighted by Crippen LogP contribution is 2.35. The molecule has 17 heavy (non-hydrogen) atoms. The largest absolute Gasteiger partial charge is 0.418 e. The summed E-state index contributed by atoms with van der Waals surface area (Å²) in [5.41, 5.74) is -1.33. The summed E-state index contributed by atoms with van der Waals surface area (Å²) >= 11 is 0. The van der Waals surface area contributed by atoms with Gasteiger partial charge in [0.25, 0.3) is 0 Å². The third-order valence-electron chi connectivity index (χ3n) is 3.13. The number of hydrogen-bond acceptors (Lipinski definition) is 1. The first-order valence-corrected chi connectivity index (χ1v) is 6.13. The summed E-state index contributed by atoms with van der Waals surface area (Å²) in [6.45, 7) is 3.44. The maximum atomic E-state index is 13.7. The summed E-state index contributed by atoms with van der Waals surface area (Å²) in [6.07, 6.45) is 0.711. The van der Waals surface area contributed by atoms with Gasteiger partial charge >= 0.3 is 0 Å². The lowest BCUT2D eigenvalue weighted by Gasteiger charge is -2.32. The number of hydrogen-bond donors (Lipinski definition) is 0. The number of rotatable bonds is 4. The topological polar surface area (TPSA) is 9.23 Å². The van der Waals surface area contributed by atoms with Gasteiger partial charge in [0.1, 0.15) is 10.5 Å². The summed E-state index contributed by atoms with van der Waals surface area (Å²) in [6, 6.07) is 0.679. The summed E-state index contributed by atoms with van der Waals surface area (Å²) < 4.78 is 58.1. The second kappa shape index (κ2) is 5.18. The van der Waals surface area contributed by atoms with Crippen molar-refractivity contribution in [3.63, 3.8) is 0 Å². The van der Waals surface area contributed by atoms with Crippen LogP contribution in [-0.2, 0) is 10.0 Å². The Kier molecular flexibility index (Phi) is 4.32. The van der Waals surface area contributed by atoms with Crippen molar-refractivity contribution in [3.8, 4) is 0 Å². The van der Waals surface area contributed by atoms with Crippen molar-refractivity contribution in [1.29, 1.82) is 0 Å². The molecule has 1 rings (SSSR count). The predicted octanol–water partition coefficient (Wildman–Crippen LogP) is 2.56. The third-order valence-corrected chi connectivity index (χ3v) is 3.91.